The summed E-state index contributed by atoms with van der Waals surface area (Å²) in [5, 5.41) is 0.989. The molecule has 0 aliphatic carbocycles. The first-order chi connectivity index (χ1) is 23.6. The number of rotatable bonds is 14. The molecule has 0 unspecified atom stereocenters. The first-order valence-electron chi connectivity index (χ1n) is 14.2. The van der Waals surface area contributed by atoms with Gasteiger partial charge >= 0.3 is 15.7 Å². The third kappa shape index (κ3) is 6.67. The Morgan fingerprint density at radius 2 is 1.43 bits per heavy atom. The highest BCUT2D eigenvalue weighted by Crippen LogP contribution is 2.50. The highest BCUT2D eigenvalue weighted by atomic mass is 32.2. The van der Waals surface area contributed by atoms with Gasteiger partial charge in [-0.15, -0.1) is 8.67 Å². The van der Waals surface area contributed by atoms with Crippen molar-refractivity contribution in [1.29, 1.82) is 0 Å². The van der Waals surface area contributed by atoms with Gasteiger partial charge in [0.25, 0.3) is 24.6 Å². The van der Waals surface area contributed by atoms with Gasteiger partial charge in [-0.3, -0.25) is 0 Å². The summed E-state index contributed by atoms with van der Waals surface area (Å²) in [6.45, 7) is 0.401. The Balaban J connectivity index is 1.69. The molecule has 3 heterocycles. The molecule has 1 aliphatic rings. The highest BCUT2D eigenvalue weighted by molar-refractivity contribution is 7.90. The maximum Gasteiger partial charge on any atom is 0.361 e. The van der Waals surface area contributed by atoms with Crippen LogP contribution in [0.3, 0.4) is 0 Å². The zero-order chi connectivity index (χ0) is 34.9. The van der Waals surface area contributed by atoms with Crippen molar-refractivity contribution in [3.05, 3.63) is 58.4 Å². The number of hydrogen-bond donors (Lipinski definition) is 0. The fourth-order valence-corrected chi connectivity index (χ4v) is 6.81. The molecule has 2 aromatic heterocycles. The van der Waals surface area contributed by atoms with Crippen molar-refractivity contribution in [3.8, 4) is 56.9 Å². The Bertz CT molecular complexity index is 2210. The number of hydrogen-bond acceptors (Lipinski definition) is 16. The van der Waals surface area contributed by atoms with Crippen LogP contribution in [0.25, 0.3) is 44.3 Å². The number of methoxy groups -OCH3 is 3. The first kappa shape index (κ1) is 34.6. The molecule has 18 heteroatoms. The summed E-state index contributed by atoms with van der Waals surface area (Å²) in [5.41, 5.74) is 3.37. The van der Waals surface area contributed by atoms with E-state index in [1.165, 1.54) is 41.6 Å². The van der Waals surface area contributed by atoms with E-state index in [1.807, 2.05) is 16.7 Å². The number of benzene rings is 3. The summed E-state index contributed by atoms with van der Waals surface area (Å²) in [7, 11) is 3.14. The molecule has 0 radical (unpaired) electrons. The van der Waals surface area contributed by atoms with Gasteiger partial charge < -0.3 is 35.7 Å². The van der Waals surface area contributed by atoms with Gasteiger partial charge in [0, 0.05) is 34.5 Å². The van der Waals surface area contributed by atoms with Gasteiger partial charge in [-0.1, -0.05) is 6.07 Å². The van der Waals surface area contributed by atoms with Gasteiger partial charge in [-0.2, -0.15) is 8.42 Å². The number of fused-ring (bicyclic) bond motifs is 7. The normalized spacial score (nSPS) is 12.4. The standard InChI is InChI=1S/C31H29NO14S3/c1-36-22-12-17(7-8-20(22)42-47-45-39-4)27-28-19-14-24(38-3)26(44-49(6,34)35)15-21(19)41-31(33)30(28)32-10-9-16-11-25(43-48-46-40-5)23(37-2)13-18(16)29(27)32/h7-8,11-15H,9-10H2,1-6H3. The van der Waals surface area contributed by atoms with E-state index in [-0.39, 0.29) is 22.6 Å². The van der Waals surface area contributed by atoms with Crippen LogP contribution in [-0.2, 0) is 41.5 Å². The summed E-state index contributed by atoms with van der Waals surface area (Å²) < 4.78 is 74.8. The second-order valence-electron chi connectivity index (χ2n) is 10.3. The lowest BCUT2D eigenvalue weighted by Crippen LogP contribution is -2.15. The predicted octanol–water partition coefficient (Wildman–Crippen LogP) is 6.04. The van der Waals surface area contributed by atoms with Gasteiger partial charge in [0.2, 0.25) is 0 Å². The van der Waals surface area contributed by atoms with E-state index in [4.69, 9.17) is 39.8 Å². The first-order valence-corrected chi connectivity index (χ1v) is 17.4. The van der Waals surface area contributed by atoms with Crippen LogP contribution in [0.2, 0.25) is 0 Å². The molecule has 0 bridgehead atoms. The third-order valence-electron chi connectivity index (χ3n) is 7.58. The molecule has 0 fully saturated rings. The molecule has 0 N–H and O–H groups in total. The topological polar surface area (TPSA) is 162 Å². The summed E-state index contributed by atoms with van der Waals surface area (Å²) >= 11 is 1.24. The van der Waals surface area contributed by atoms with Gasteiger partial charge in [-0.25, -0.2) is 14.6 Å². The number of ether oxygens (including phenoxy) is 3. The summed E-state index contributed by atoms with van der Waals surface area (Å²) in [6, 6.07) is 11.8. The minimum Gasteiger partial charge on any atom is -0.493 e. The monoisotopic (exact) mass is 735 g/mol. The van der Waals surface area contributed by atoms with E-state index >= 15 is 0 Å². The number of nitrogens with zero attached hydrogens (tertiary/aromatic N) is 1. The smallest absolute Gasteiger partial charge is 0.361 e. The van der Waals surface area contributed by atoms with E-state index in [1.54, 1.807) is 24.3 Å². The van der Waals surface area contributed by atoms with Crippen LogP contribution in [0.5, 0.6) is 34.5 Å². The zero-order valence-electron chi connectivity index (χ0n) is 26.8. The predicted molar refractivity (Wildman–Crippen MR) is 180 cm³/mol. The van der Waals surface area contributed by atoms with Gasteiger partial charge in [0.05, 0.1) is 47.5 Å². The van der Waals surface area contributed by atoms with Crippen LogP contribution in [-0.4, -0.2) is 54.8 Å². The molecule has 260 valence electrons. The largest absolute Gasteiger partial charge is 0.493 e. The molecular weight excluding hydrogens is 707 g/mol. The van der Waals surface area contributed by atoms with Crippen molar-refractivity contribution in [2.75, 3.05) is 41.8 Å². The molecule has 6 rings (SSSR count). The zero-order valence-corrected chi connectivity index (χ0v) is 29.3. The lowest BCUT2D eigenvalue weighted by Gasteiger charge is -2.23. The quantitative estimate of drug-likeness (QED) is 0.0324. The van der Waals surface area contributed by atoms with E-state index in [2.05, 4.69) is 9.78 Å². The Hall–Kier alpha value is -4.30. The second kappa shape index (κ2) is 14.3. The maximum absolute atomic E-state index is 13.9. The molecule has 0 spiro atoms. The average Bonchev–Trinajstić information content (AvgIpc) is 3.44. The molecule has 49 heavy (non-hydrogen) atoms. The van der Waals surface area contributed by atoms with Crippen molar-refractivity contribution >= 4 is 56.6 Å². The van der Waals surface area contributed by atoms with Crippen LogP contribution in [0.1, 0.15) is 5.56 Å². The van der Waals surface area contributed by atoms with Gasteiger partial charge in [-0.05, 0) is 47.9 Å². The summed E-state index contributed by atoms with van der Waals surface area (Å²) in [6.07, 6.45) is 1.43. The van der Waals surface area contributed by atoms with Gasteiger partial charge in [0.15, 0.2) is 34.5 Å². The fraction of sp³-hybridized carbons (Fsp3) is 0.258. The van der Waals surface area contributed by atoms with E-state index < -0.39 is 15.7 Å². The number of aryl methyl sites for hydroxylation is 2. The molecule has 1 aliphatic heterocycles. The fourth-order valence-electron chi connectivity index (χ4n) is 5.77. The highest BCUT2D eigenvalue weighted by Gasteiger charge is 2.31. The van der Waals surface area contributed by atoms with E-state index in [0.29, 0.717) is 88.2 Å². The Labute approximate surface area is 288 Å². The summed E-state index contributed by atoms with van der Waals surface area (Å²) in [4.78, 5) is 23.1. The van der Waals surface area contributed by atoms with Crippen molar-refractivity contribution < 1.29 is 58.0 Å². The second-order valence-corrected chi connectivity index (χ2v) is 12.8. The Morgan fingerprint density at radius 1 is 0.776 bits per heavy atom. The van der Waals surface area contributed by atoms with Crippen LogP contribution >= 0.6 is 24.6 Å². The molecule has 5 aromatic rings. The van der Waals surface area contributed by atoms with Crippen molar-refractivity contribution in [2.45, 2.75) is 13.0 Å². The van der Waals surface area contributed by atoms with E-state index in [0.717, 1.165) is 17.4 Å². The van der Waals surface area contributed by atoms with Crippen molar-refractivity contribution in [3.63, 3.8) is 0 Å². The van der Waals surface area contributed by atoms with Gasteiger partial charge in [0.1, 0.15) is 11.1 Å². The molecule has 0 atom stereocenters. The van der Waals surface area contributed by atoms with Crippen LogP contribution in [0.15, 0.2) is 51.7 Å². The molecule has 0 saturated heterocycles. The van der Waals surface area contributed by atoms with Crippen LogP contribution in [0, 0.1) is 0 Å². The summed E-state index contributed by atoms with van der Waals surface area (Å²) in [5.74, 6) is 1.48. The van der Waals surface area contributed by atoms with Crippen LogP contribution < -0.4 is 32.4 Å². The third-order valence-corrected chi connectivity index (χ3v) is 8.94. The lowest BCUT2D eigenvalue weighted by atomic mass is 9.91. The Kier molecular flexibility index (Phi) is 10.1. The molecule has 15 nitrogen and oxygen atoms in total. The van der Waals surface area contributed by atoms with Crippen molar-refractivity contribution in [1.82, 2.24) is 4.57 Å². The minimum absolute atomic E-state index is 0.0814. The number of aromatic nitrogens is 1. The molecule has 0 amide bonds. The Morgan fingerprint density at radius 3 is 2.08 bits per heavy atom. The van der Waals surface area contributed by atoms with E-state index in [9.17, 15) is 13.2 Å². The van der Waals surface area contributed by atoms with Crippen molar-refractivity contribution in [2.24, 2.45) is 0 Å². The SMILES string of the molecule is COOSOc1ccc(-c2c3n(c4c(=O)oc5cc(OS(C)(=O)=O)c(OC)cc5c24)CCc2cc(OSOOC)c(OC)cc2-3)cc1OC. The molecule has 0 saturated carbocycles. The lowest BCUT2D eigenvalue weighted by molar-refractivity contribution is -0.164. The average molecular weight is 736 g/mol. The minimum atomic E-state index is -3.94. The molecule has 3 aromatic carbocycles. The maximum atomic E-state index is 13.9. The molecular formula is C31H29NO14S3. The van der Waals surface area contributed by atoms with Crippen LogP contribution in [0.4, 0.5) is 0 Å².